The Labute approximate surface area is 177 Å². The summed E-state index contributed by atoms with van der Waals surface area (Å²) in [5, 5.41) is 2.57. The minimum absolute atomic E-state index is 0.186. The van der Waals surface area contributed by atoms with Crippen LogP contribution in [0, 0.1) is 0 Å². The molecule has 1 aromatic carbocycles. The lowest BCUT2D eigenvalue weighted by Crippen LogP contribution is -2.35. The highest BCUT2D eigenvalue weighted by Gasteiger charge is 2.25. The Hall–Kier alpha value is -2.30. The van der Waals surface area contributed by atoms with Crippen LogP contribution in [0.15, 0.2) is 52.1 Å². The Morgan fingerprint density at radius 2 is 1.79 bits per heavy atom. The van der Waals surface area contributed by atoms with Crippen molar-refractivity contribution in [2.24, 2.45) is 0 Å². The Morgan fingerprint density at radius 3 is 2.45 bits per heavy atom. The molecule has 8 nitrogen and oxygen atoms in total. The first kappa shape index (κ1) is 21.4. The van der Waals surface area contributed by atoms with E-state index < -0.39 is 28.5 Å². The third kappa shape index (κ3) is 5.62. The first-order valence-electron chi connectivity index (χ1n) is 9.04. The number of nitrogens with one attached hydrogen (secondary N) is 1. The first-order valence-corrected chi connectivity index (χ1v) is 11.3. The molecule has 0 saturated carbocycles. The number of sulfonamides is 1. The van der Waals surface area contributed by atoms with Crippen molar-refractivity contribution in [3.05, 3.63) is 52.8 Å². The summed E-state index contributed by atoms with van der Waals surface area (Å²) >= 11 is 3.20. The average Bonchev–Trinajstić information content (AvgIpc) is 2.73. The van der Waals surface area contributed by atoms with Crippen LogP contribution in [0.25, 0.3) is 0 Å². The van der Waals surface area contributed by atoms with Crippen molar-refractivity contribution in [3.63, 3.8) is 0 Å². The van der Waals surface area contributed by atoms with Crippen molar-refractivity contribution in [1.29, 1.82) is 0 Å². The van der Waals surface area contributed by atoms with Gasteiger partial charge in [0.25, 0.3) is 5.91 Å². The first-order chi connectivity index (χ1) is 13.9. The Kier molecular flexibility index (Phi) is 6.99. The number of halogens is 1. The maximum atomic E-state index is 12.6. The highest BCUT2D eigenvalue weighted by molar-refractivity contribution is 9.10. The molecule has 2 heterocycles. The molecule has 3 rings (SSSR count). The number of ether oxygens (including phenoxy) is 1. The van der Waals surface area contributed by atoms with Crippen LogP contribution in [0.2, 0.25) is 0 Å². The van der Waals surface area contributed by atoms with Crippen molar-refractivity contribution < 1.29 is 22.7 Å². The van der Waals surface area contributed by atoms with Crippen LogP contribution in [0.1, 0.15) is 29.6 Å². The van der Waals surface area contributed by atoms with Gasteiger partial charge in [0, 0.05) is 35.6 Å². The summed E-state index contributed by atoms with van der Waals surface area (Å²) in [6, 6.07) is 7.47. The Bertz CT molecular complexity index is 989. The highest BCUT2D eigenvalue weighted by Crippen LogP contribution is 2.22. The number of rotatable bonds is 6. The lowest BCUT2D eigenvalue weighted by Gasteiger charge is -2.25. The number of piperidine rings is 1. The van der Waals surface area contributed by atoms with Crippen LogP contribution in [0.5, 0.6) is 0 Å². The Morgan fingerprint density at radius 1 is 1.10 bits per heavy atom. The molecule has 1 aliphatic heterocycles. The zero-order valence-corrected chi connectivity index (χ0v) is 17.9. The van der Waals surface area contributed by atoms with Crippen LogP contribution in [-0.2, 0) is 19.6 Å². The zero-order chi connectivity index (χ0) is 20.9. The summed E-state index contributed by atoms with van der Waals surface area (Å²) in [5.41, 5.74) is 0.632. The summed E-state index contributed by atoms with van der Waals surface area (Å²) in [5.74, 6) is -1.20. The van der Waals surface area contributed by atoms with E-state index in [9.17, 15) is 18.0 Å². The Balaban J connectivity index is 1.55. The second kappa shape index (κ2) is 9.47. The van der Waals surface area contributed by atoms with Gasteiger partial charge in [-0.05, 0) is 59.1 Å². The van der Waals surface area contributed by atoms with Crippen molar-refractivity contribution in [1.82, 2.24) is 9.29 Å². The van der Waals surface area contributed by atoms with E-state index in [1.807, 2.05) is 0 Å². The number of aromatic nitrogens is 1. The molecular formula is C19H20BrN3O5S. The van der Waals surface area contributed by atoms with E-state index in [0.717, 1.165) is 19.3 Å². The summed E-state index contributed by atoms with van der Waals surface area (Å²) in [6.07, 6.45) is 5.63. The van der Waals surface area contributed by atoms with E-state index in [4.69, 9.17) is 4.74 Å². The van der Waals surface area contributed by atoms with Crippen molar-refractivity contribution >= 4 is 43.5 Å². The molecule has 29 heavy (non-hydrogen) atoms. The lowest BCUT2D eigenvalue weighted by molar-refractivity contribution is -0.119. The number of hydrogen-bond donors (Lipinski definition) is 1. The fourth-order valence-electron chi connectivity index (χ4n) is 2.90. The number of carbonyl (C=O) groups is 2. The molecule has 0 bridgehead atoms. The van der Waals surface area contributed by atoms with E-state index in [1.54, 1.807) is 0 Å². The van der Waals surface area contributed by atoms with E-state index >= 15 is 0 Å². The smallest absolute Gasteiger partial charge is 0.340 e. The normalized spacial score (nSPS) is 14.9. The van der Waals surface area contributed by atoms with Gasteiger partial charge in [-0.15, -0.1) is 0 Å². The standard InChI is InChI=1S/C19H20BrN3O5S/c20-15-10-14(11-21-12-15)19(25)28-13-18(24)22-16-4-6-17(7-5-16)29(26,27)23-8-2-1-3-9-23/h4-7,10-12H,1-3,8-9,13H2,(H,22,24). The predicted molar refractivity (Wildman–Crippen MR) is 110 cm³/mol. The minimum atomic E-state index is -3.52. The SMILES string of the molecule is O=C(COC(=O)c1cncc(Br)c1)Nc1ccc(S(=O)(=O)N2CCCCC2)cc1. The molecule has 1 fully saturated rings. The van der Waals surface area contributed by atoms with Gasteiger partial charge in [-0.1, -0.05) is 6.42 Å². The third-order valence-electron chi connectivity index (χ3n) is 4.37. The molecule has 1 saturated heterocycles. The van der Waals surface area contributed by atoms with Gasteiger partial charge in [0.15, 0.2) is 6.61 Å². The van der Waals surface area contributed by atoms with Gasteiger partial charge >= 0.3 is 5.97 Å². The molecule has 1 amide bonds. The number of hydrogen-bond acceptors (Lipinski definition) is 6. The summed E-state index contributed by atoms with van der Waals surface area (Å²) in [6.45, 7) is 0.582. The molecule has 0 spiro atoms. The fourth-order valence-corrected chi connectivity index (χ4v) is 4.78. The van der Waals surface area contributed by atoms with Crippen LogP contribution in [0.3, 0.4) is 0 Å². The summed E-state index contributed by atoms with van der Waals surface area (Å²) < 4.78 is 32.3. The number of carbonyl (C=O) groups excluding carboxylic acids is 2. The molecule has 1 aromatic heterocycles. The van der Waals surface area contributed by atoms with E-state index in [1.165, 1.54) is 47.0 Å². The summed E-state index contributed by atoms with van der Waals surface area (Å²) in [4.78, 5) is 28.0. The van der Waals surface area contributed by atoms with Gasteiger partial charge in [0.2, 0.25) is 10.0 Å². The maximum absolute atomic E-state index is 12.6. The summed E-state index contributed by atoms with van der Waals surface area (Å²) in [7, 11) is -3.52. The van der Waals surface area contributed by atoms with E-state index in [2.05, 4.69) is 26.2 Å². The monoisotopic (exact) mass is 481 g/mol. The number of pyridine rings is 1. The predicted octanol–water partition coefficient (Wildman–Crippen LogP) is 2.81. The number of benzene rings is 1. The van der Waals surface area contributed by atoms with E-state index in [-0.39, 0.29) is 10.5 Å². The minimum Gasteiger partial charge on any atom is -0.452 e. The number of amides is 1. The topological polar surface area (TPSA) is 106 Å². The molecule has 2 aromatic rings. The highest BCUT2D eigenvalue weighted by atomic mass is 79.9. The van der Waals surface area contributed by atoms with Crippen LogP contribution >= 0.6 is 15.9 Å². The van der Waals surface area contributed by atoms with Crippen molar-refractivity contribution in [3.8, 4) is 0 Å². The van der Waals surface area contributed by atoms with Crippen LogP contribution in [0.4, 0.5) is 5.69 Å². The second-order valence-electron chi connectivity index (χ2n) is 6.51. The van der Waals surface area contributed by atoms with Gasteiger partial charge in [0.05, 0.1) is 10.5 Å². The maximum Gasteiger partial charge on any atom is 0.340 e. The van der Waals surface area contributed by atoms with Crippen LogP contribution < -0.4 is 5.32 Å². The molecule has 0 aliphatic carbocycles. The van der Waals surface area contributed by atoms with Crippen LogP contribution in [-0.4, -0.2) is 49.3 Å². The number of anilines is 1. The third-order valence-corrected chi connectivity index (χ3v) is 6.71. The molecule has 0 radical (unpaired) electrons. The lowest BCUT2D eigenvalue weighted by atomic mass is 10.2. The molecule has 0 atom stereocenters. The average molecular weight is 482 g/mol. The van der Waals surface area contributed by atoms with Gasteiger partial charge in [-0.2, -0.15) is 4.31 Å². The molecule has 1 N–H and O–H groups in total. The second-order valence-corrected chi connectivity index (χ2v) is 9.36. The van der Waals surface area contributed by atoms with E-state index in [0.29, 0.717) is 23.2 Å². The number of nitrogens with zero attached hydrogens (tertiary/aromatic N) is 2. The fraction of sp³-hybridized carbons (Fsp3) is 0.316. The molecule has 154 valence electrons. The van der Waals surface area contributed by atoms with Gasteiger partial charge in [-0.25, -0.2) is 13.2 Å². The van der Waals surface area contributed by atoms with Gasteiger partial charge in [0.1, 0.15) is 0 Å². The largest absolute Gasteiger partial charge is 0.452 e. The molecule has 1 aliphatic rings. The van der Waals surface area contributed by atoms with Gasteiger partial charge in [-0.3, -0.25) is 9.78 Å². The van der Waals surface area contributed by atoms with Gasteiger partial charge < -0.3 is 10.1 Å². The quantitative estimate of drug-likeness (QED) is 0.635. The number of esters is 1. The molecular weight excluding hydrogens is 462 g/mol. The molecule has 10 heteroatoms. The zero-order valence-electron chi connectivity index (χ0n) is 15.5. The van der Waals surface area contributed by atoms with Crippen molar-refractivity contribution in [2.45, 2.75) is 24.2 Å². The van der Waals surface area contributed by atoms with Crippen molar-refractivity contribution in [2.75, 3.05) is 25.0 Å². The molecule has 0 unspecified atom stereocenters.